The van der Waals surface area contributed by atoms with E-state index in [9.17, 15) is 4.79 Å². The van der Waals surface area contributed by atoms with E-state index >= 15 is 0 Å². The molecule has 0 bridgehead atoms. The second kappa shape index (κ2) is 5.65. The van der Waals surface area contributed by atoms with Crippen LogP contribution < -0.4 is 0 Å². The minimum absolute atomic E-state index is 0.0968. The van der Waals surface area contributed by atoms with Crippen LogP contribution in [0.15, 0.2) is 18.5 Å². The molecular weight excluding hydrogens is 256 g/mol. The van der Waals surface area contributed by atoms with Crippen LogP contribution in [0.1, 0.15) is 17.3 Å². The van der Waals surface area contributed by atoms with Crippen molar-refractivity contribution in [2.24, 2.45) is 0 Å². The molecule has 0 saturated carbocycles. The fraction of sp³-hybridized carbons (Fsp3) is 0.500. The number of aliphatic hydroxyl groups excluding tert-OH is 1. The fourth-order valence-electron chi connectivity index (χ4n) is 2.03. The van der Waals surface area contributed by atoms with Crippen molar-refractivity contribution < 1.29 is 14.6 Å². The number of rotatable bonds is 2. The van der Waals surface area contributed by atoms with E-state index in [0.717, 1.165) is 0 Å². The molecule has 2 rings (SSSR count). The lowest BCUT2D eigenvalue weighted by molar-refractivity contribution is -0.0858. The van der Waals surface area contributed by atoms with Gasteiger partial charge in [0.15, 0.2) is 0 Å². The van der Waals surface area contributed by atoms with Gasteiger partial charge in [0.05, 0.1) is 29.4 Å². The van der Waals surface area contributed by atoms with E-state index in [4.69, 9.17) is 21.4 Å². The van der Waals surface area contributed by atoms with Gasteiger partial charge < -0.3 is 14.7 Å². The fourth-order valence-corrected chi connectivity index (χ4v) is 2.23. The Morgan fingerprint density at radius 1 is 1.67 bits per heavy atom. The average molecular weight is 271 g/mol. The zero-order valence-electron chi connectivity index (χ0n) is 10.0. The molecule has 1 aliphatic rings. The first kappa shape index (κ1) is 13.3. The molecule has 1 saturated heterocycles. The number of aliphatic hydroxyl groups is 1. The number of pyridine rings is 1. The normalized spacial score (nSPS) is 24.1. The van der Waals surface area contributed by atoms with Crippen LogP contribution in [0.5, 0.6) is 0 Å². The molecule has 2 atom stereocenters. The predicted octanol–water partition coefficient (Wildman–Crippen LogP) is 0.957. The highest BCUT2D eigenvalue weighted by molar-refractivity contribution is 6.33. The van der Waals surface area contributed by atoms with Crippen molar-refractivity contribution in [1.82, 2.24) is 9.88 Å². The molecule has 5 nitrogen and oxygen atoms in total. The quantitative estimate of drug-likeness (QED) is 0.869. The van der Waals surface area contributed by atoms with Crippen LogP contribution in [0.25, 0.3) is 0 Å². The maximum Gasteiger partial charge on any atom is 0.255 e. The zero-order chi connectivity index (χ0) is 13.1. The highest BCUT2D eigenvalue weighted by Gasteiger charge is 2.29. The average Bonchev–Trinajstić information content (AvgIpc) is 2.37. The first-order valence-corrected chi connectivity index (χ1v) is 6.14. The summed E-state index contributed by atoms with van der Waals surface area (Å²) < 4.78 is 5.49. The Balaban J connectivity index is 2.16. The monoisotopic (exact) mass is 270 g/mol. The molecule has 2 heterocycles. The van der Waals surface area contributed by atoms with E-state index in [1.54, 1.807) is 11.0 Å². The van der Waals surface area contributed by atoms with E-state index in [0.29, 0.717) is 23.7 Å². The molecule has 1 N–H and O–H groups in total. The van der Waals surface area contributed by atoms with Gasteiger partial charge in [0.1, 0.15) is 0 Å². The lowest BCUT2D eigenvalue weighted by Crippen LogP contribution is -2.50. The summed E-state index contributed by atoms with van der Waals surface area (Å²) in [6.45, 7) is 2.64. The van der Waals surface area contributed by atoms with E-state index in [1.165, 1.54) is 12.4 Å². The molecule has 0 spiro atoms. The Bertz CT molecular complexity index is 441. The Morgan fingerprint density at radius 2 is 2.44 bits per heavy atom. The number of ether oxygens (including phenoxy) is 1. The second-order valence-corrected chi connectivity index (χ2v) is 4.72. The highest BCUT2D eigenvalue weighted by Crippen LogP contribution is 2.19. The van der Waals surface area contributed by atoms with Crippen LogP contribution in [0.3, 0.4) is 0 Å². The van der Waals surface area contributed by atoms with Gasteiger partial charge in [0.25, 0.3) is 5.91 Å². The highest BCUT2D eigenvalue weighted by atomic mass is 35.5. The number of morpholine rings is 1. The summed E-state index contributed by atoms with van der Waals surface area (Å²) in [5.74, 6) is -0.156. The van der Waals surface area contributed by atoms with Gasteiger partial charge in [0, 0.05) is 25.5 Å². The third-order valence-corrected chi connectivity index (χ3v) is 3.12. The van der Waals surface area contributed by atoms with Gasteiger partial charge in [-0.25, -0.2) is 0 Å². The summed E-state index contributed by atoms with van der Waals surface area (Å²) in [5.41, 5.74) is 0.428. The van der Waals surface area contributed by atoms with Crippen molar-refractivity contribution >= 4 is 17.5 Å². The Labute approximate surface area is 110 Å². The summed E-state index contributed by atoms with van der Waals surface area (Å²) in [6.07, 6.45) is 2.55. The van der Waals surface area contributed by atoms with Crippen molar-refractivity contribution in [2.75, 3.05) is 19.7 Å². The van der Waals surface area contributed by atoms with Gasteiger partial charge in [-0.2, -0.15) is 0 Å². The standard InChI is InChI=1S/C12H15ClN2O3/c1-8-5-15(6-9(7-16)18-8)12(17)10-2-3-14-4-11(10)13/h2-4,8-9,16H,5-7H2,1H3. The zero-order valence-corrected chi connectivity index (χ0v) is 10.8. The van der Waals surface area contributed by atoms with Crippen LogP contribution in [-0.2, 0) is 4.74 Å². The molecule has 1 aromatic rings. The van der Waals surface area contributed by atoms with Gasteiger partial charge in [-0.1, -0.05) is 11.6 Å². The molecule has 1 fully saturated rings. The van der Waals surface area contributed by atoms with Crippen molar-refractivity contribution in [2.45, 2.75) is 19.1 Å². The maximum absolute atomic E-state index is 12.3. The van der Waals surface area contributed by atoms with E-state index in [2.05, 4.69) is 4.98 Å². The lowest BCUT2D eigenvalue weighted by Gasteiger charge is -2.36. The van der Waals surface area contributed by atoms with Crippen LogP contribution in [-0.4, -0.2) is 52.8 Å². The minimum atomic E-state index is -0.335. The Kier molecular flexibility index (Phi) is 4.16. The van der Waals surface area contributed by atoms with E-state index in [-0.39, 0.29) is 24.7 Å². The van der Waals surface area contributed by atoms with E-state index < -0.39 is 0 Å². The number of hydrogen-bond acceptors (Lipinski definition) is 4. The van der Waals surface area contributed by atoms with Gasteiger partial charge in [0.2, 0.25) is 0 Å². The lowest BCUT2D eigenvalue weighted by atomic mass is 10.1. The molecule has 0 aliphatic carbocycles. The molecule has 1 aliphatic heterocycles. The SMILES string of the molecule is CC1CN(C(=O)c2ccncc2Cl)CC(CO)O1. The van der Waals surface area contributed by atoms with Crippen LogP contribution in [0.4, 0.5) is 0 Å². The van der Waals surface area contributed by atoms with Crippen LogP contribution in [0, 0.1) is 0 Å². The second-order valence-electron chi connectivity index (χ2n) is 4.32. The largest absolute Gasteiger partial charge is 0.394 e. The third kappa shape index (κ3) is 2.80. The molecule has 1 aromatic heterocycles. The molecule has 18 heavy (non-hydrogen) atoms. The molecule has 0 radical (unpaired) electrons. The summed E-state index contributed by atoms with van der Waals surface area (Å²) >= 11 is 5.95. The number of carbonyl (C=O) groups is 1. The van der Waals surface area contributed by atoms with Crippen molar-refractivity contribution in [3.8, 4) is 0 Å². The van der Waals surface area contributed by atoms with Gasteiger partial charge in [-0.15, -0.1) is 0 Å². The first-order chi connectivity index (χ1) is 8.61. The number of aromatic nitrogens is 1. The predicted molar refractivity (Wildman–Crippen MR) is 66.6 cm³/mol. The number of nitrogens with zero attached hydrogens (tertiary/aromatic N) is 2. The molecule has 98 valence electrons. The van der Waals surface area contributed by atoms with Crippen molar-refractivity contribution in [3.05, 3.63) is 29.0 Å². The maximum atomic E-state index is 12.3. The van der Waals surface area contributed by atoms with Gasteiger partial charge in [-0.05, 0) is 13.0 Å². The summed E-state index contributed by atoms with van der Waals surface area (Å²) in [6, 6.07) is 1.60. The Hall–Kier alpha value is -1.17. The number of amides is 1. The summed E-state index contributed by atoms with van der Waals surface area (Å²) in [4.78, 5) is 17.8. The first-order valence-electron chi connectivity index (χ1n) is 5.77. The molecule has 0 aromatic carbocycles. The van der Waals surface area contributed by atoms with Crippen molar-refractivity contribution in [1.29, 1.82) is 0 Å². The van der Waals surface area contributed by atoms with Crippen LogP contribution >= 0.6 is 11.6 Å². The molecule has 1 amide bonds. The molecule has 2 unspecified atom stereocenters. The topological polar surface area (TPSA) is 62.7 Å². The third-order valence-electron chi connectivity index (χ3n) is 2.82. The minimum Gasteiger partial charge on any atom is -0.394 e. The van der Waals surface area contributed by atoms with Crippen molar-refractivity contribution in [3.63, 3.8) is 0 Å². The smallest absolute Gasteiger partial charge is 0.255 e. The van der Waals surface area contributed by atoms with E-state index in [1.807, 2.05) is 6.92 Å². The number of halogens is 1. The number of hydrogen-bond donors (Lipinski definition) is 1. The summed E-state index contributed by atoms with van der Waals surface area (Å²) in [7, 11) is 0. The van der Waals surface area contributed by atoms with Gasteiger partial charge in [-0.3, -0.25) is 9.78 Å². The summed E-state index contributed by atoms with van der Waals surface area (Å²) in [5, 5.41) is 9.47. The van der Waals surface area contributed by atoms with Gasteiger partial charge >= 0.3 is 0 Å². The van der Waals surface area contributed by atoms with Crippen LogP contribution in [0.2, 0.25) is 5.02 Å². The molecule has 6 heteroatoms. The number of carbonyl (C=O) groups excluding carboxylic acids is 1. The Morgan fingerprint density at radius 3 is 3.11 bits per heavy atom. The molecular formula is C12H15ClN2O3.